The standard InChI is InChI=1S/C19H21ClN4O2/c1-13(8-9-15-6-4-3-5-7-15)21-19(25)14(2)26-24-18-12-16(20)10-11-17(18)22-23-24/h3-7,10-14H,8-9H2,1-2H3,(H,21,25)/t13-,14+/m1/s1. The van der Waals surface area contributed by atoms with Gasteiger partial charge in [-0.2, -0.15) is 0 Å². The Labute approximate surface area is 157 Å². The van der Waals surface area contributed by atoms with E-state index >= 15 is 0 Å². The van der Waals surface area contributed by atoms with Crippen LogP contribution in [0.5, 0.6) is 0 Å². The summed E-state index contributed by atoms with van der Waals surface area (Å²) in [6.07, 6.45) is 1.05. The topological polar surface area (TPSA) is 69.0 Å². The lowest BCUT2D eigenvalue weighted by Crippen LogP contribution is -2.43. The highest BCUT2D eigenvalue weighted by Gasteiger charge is 2.19. The number of benzene rings is 2. The van der Waals surface area contributed by atoms with Crippen molar-refractivity contribution in [2.75, 3.05) is 0 Å². The maximum Gasteiger partial charge on any atom is 0.263 e. The number of aryl methyl sites for hydroxylation is 1. The van der Waals surface area contributed by atoms with E-state index in [-0.39, 0.29) is 11.9 Å². The molecule has 0 unspecified atom stereocenters. The Morgan fingerprint density at radius 3 is 2.77 bits per heavy atom. The van der Waals surface area contributed by atoms with E-state index in [0.717, 1.165) is 12.8 Å². The quantitative estimate of drug-likeness (QED) is 0.692. The van der Waals surface area contributed by atoms with Crippen LogP contribution in [0.3, 0.4) is 0 Å². The fourth-order valence-corrected chi connectivity index (χ4v) is 2.77. The molecule has 6 nitrogen and oxygen atoms in total. The summed E-state index contributed by atoms with van der Waals surface area (Å²) in [5.74, 6) is -0.198. The predicted molar refractivity (Wildman–Crippen MR) is 101 cm³/mol. The highest BCUT2D eigenvalue weighted by molar-refractivity contribution is 6.31. The molecule has 0 spiro atoms. The Hall–Kier alpha value is -2.60. The smallest absolute Gasteiger partial charge is 0.263 e. The van der Waals surface area contributed by atoms with Crippen molar-refractivity contribution in [1.29, 1.82) is 0 Å². The fourth-order valence-electron chi connectivity index (χ4n) is 2.61. The van der Waals surface area contributed by atoms with Crippen molar-refractivity contribution >= 4 is 28.5 Å². The minimum absolute atomic E-state index is 0.0377. The molecular formula is C19H21ClN4O2. The molecule has 2 atom stereocenters. The molecule has 0 bridgehead atoms. The van der Waals surface area contributed by atoms with Crippen molar-refractivity contribution in [1.82, 2.24) is 20.5 Å². The summed E-state index contributed by atoms with van der Waals surface area (Å²) in [5, 5.41) is 11.4. The van der Waals surface area contributed by atoms with E-state index in [1.165, 1.54) is 10.4 Å². The second-order valence-corrected chi connectivity index (χ2v) is 6.71. The highest BCUT2D eigenvalue weighted by Crippen LogP contribution is 2.16. The third-order valence-electron chi connectivity index (χ3n) is 4.10. The van der Waals surface area contributed by atoms with Crippen LogP contribution in [0.15, 0.2) is 48.5 Å². The van der Waals surface area contributed by atoms with Crippen molar-refractivity contribution < 1.29 is 9.63 Å². The van der Waals surface area contributed by atoms with E-state index in [1.54, 1.807) is 25.1 Å². The Morgan fingerprint density at radius 2 is 2.00 bits per heavy atom. The summed E-state index contributed by atoms with van der Waals surface area (Å²) in [5.41, 5.74) is 2.52. The fraction of sp³-hybridized carbons (Fsp3) is 0.316. The number of halogens is 1. The van der Waals surface area contributed by atoms with Crippen LogP contribution in [-0.4, -0.2) is 33.2 Å². The van der Waals surface area contributed by atoms with Gasteiger partial charge in [0.1, 0.15) is 11.0 Å². The van der Waals surface area contributed by atoms with Gasteiger partial charge in [0.2, 0.25) is 6.10 Å². The van der Waals surface area contributed by atoms with Crippen molar-refractivity contribution in [2.45, 2.75) is 38.8 Å². The molecule has 1 aromatic heterocycles. The molecule has 0 aliphatic heterocycles. The molecule has 2 aromatic carbocycles. The minimum Gasteiger partial charge on any atom is -0.382 e. The maximum absolute atomic E-state index is 12.4. The lowest BCUT2D eigenvalue weighted by Gasteiger charge is -2.18. The largest absolute Gasteiger partial charge is 0.382 e. The summed E-state index contributed by atoms with van der Waals surface area (Å²) in [4.78, 5) is 19.2. The molecule has 1 N–H and O–H groups in total. The third kappa shape index (κ3) is 4.52. The molecule has 136 valence electrons. The van der Waals surface area contributed by atoms with Gasteiger partial charge in [-0.15, -0.1) is 5.10 Å². The number of nitrogens with zero attached hydrogens (tertiary/aromatic N) is 3. The van der Waals surface area contributed by atoms with Gasteiger partial charge in [-0.25, -0.2) is 0 Å². The summed E-state index contributed by atoms with van der Waals surface area (Å²) >= 11 is 6.00. The summed E-state index contributed by atoms with van der Waals surface area (Å²) in [6, 6.07) is 15.4. The minimum atomic E-state index is -0.710. The molecule has 0 fully saturated rings. The van der Waals surface area contributed by atoms with E-state index in [0.29, 0.717) is 16.1 Å². The van der Waals surface area contributed by atoms with Crippen LogP contribution in [0.25, 0.3) is 11.0 Å². The SMILES string of the molecule is C[C@H](CCc1ccccc1)NC(=O)[C@H](C)On1nnc2ccc(Cl)cc21. The number of amides is 1. The average molecular weight is 373 g/mol. The third-order valence-corrected chi connectivity index (χ3v) is 4.34. The molecule has 0 saturated heterocycles. The zero-order valence-electron chi connectivity index (χ0n) is 14.7. The molecule has 0 radical (unpaired) electrons. The van der Waals surface area contributed by atoms with Gasteiger partial charge in [0.05, 0.1) is 0 Å². The second-order valence-electron chi connectivity index (χ2n) is 6.28. The number of hydrogen-bond donors (Lipinski definition) is 1. The van der Waals surface area contributed by atoms with Gasteiger partial charge >= 0.3 is 0 Å². The van der Waals surface area contributed by atoms with Gasteiger partial charge < -0.3 is 10.2 Å². The van der Waals surface area contributed by atoms with Crippen molar-refractivity contribution in [3.63, 3.8) is 0 Å². The monoisotopic (exact) mass is 372 g/mol. The maximum atomic E-state index is 12.4. The van der Waals surface area contributed by atoms with E-state index in [2.05, 4.69) is 27.8 Å². The van der Waals surface area contributed by atoms with Crippen LogP contribution in [0.1, 0.15) is 25.8 Å². The molecular weight excluding hydrogens is 352 g/mol. The first-order chi connectivity index (χ1) is 12.5. The van der Waals surface area contributed by atoms with E-state index in [1.807, 2.05) is 25.1 Å². The molecule has 1 heterocycles. The van der Waals surface area contributed by atoms with E-state index in [4.69, 9.17) is 16.4 Å². The van der Waals surface area contributed by atoms with Gasteiger partial charge in [0.15, 0.2) is 0 Å². The lowest BCUT2D eigenvalue weighted by molar-refractivity contribution is -0.133. The molecule has 3 aromatic rings. The van der Waals surface area contributed by atoms with Gasteiger partial charge in [0.25, 0.3) is 5.91 Å². The first-order valence-electron chi connectivity index (χ1n) is 8.55. The van der Waals surface area contributed by atoms with E-state index in [9.17, 15) is 4.79 Å². The van der Waals surface area contributed by atoms with Crippen molar-refractivity contribution in [2.24, 2.45) is 0 Å². The van der Waals surface area contributed by atoms with Gasteiger partial charge in [-0.1, -0.05) is 46.8 Å². The van der Waals surface area contributed by atoms with Crippen molar-refractivity contribution in [3.8, 4) is 0 Å². The summed E-state index contributed by atoms with van der Waals surface area (Å²) < 4.78 is 0. The van der Waals surface area contributed by atoms with Gasteiger partial charge in [-0.05, 0) is 55.7 Å². The van der Waals surface area contributed by atoms with Crippen molar-refractivity contribution in [3.05, 3.63) is 59.1 Å². The highest BCUT2D eigenvalue weighted by atomic mass is 35.5. The molecule has 3 rings (SSSR count). The zero-order chi connectivity index (χ0) is 18.5. The number of nitrogens with one attached hydrogen (secondary N) is 1. The van der Waals surface area contributed by atoms with Crippen LogP contribution in [0.4, 0.5) is 0 Å². The zero-order valence-corrected chi connectivity index (χ0v) is 15.5. The number of aromatic nitrogens is 3. The predicted octanol–water partition coefficient (Wildman–Crippen LogP) is 3.04. The van der Waals surface area contributed by atoms with Gasteiger partial charge in [0, 0.05) is 11.1 Å². The van der Waals surface area contributed by atoms with E-state index < -0.39 is 6.10 Å². The molecule has 7 heteroatoms. The molecule has 0 saturated carbocycles. The first-order valence-corrected chi connectivity index (χ1v) is 8.93. The Balaban J connectivity index is 1.54. The van der Waals surface area contributed by atoms with Crippen LogP contribution in [-0.2, 0) is 11.2 Å². The summed E-state index contributed by atoms with van der Waals surface area (Å²) in [6.45, 7) is 3.66. The molecule has 0 aliphatic carbocycles. The average Bonchev–Trinajstić information content (AvgIpc) is 3.02. The normalized spacial score (nSPS) is 13.3. The lowest BCUT2D eigenvalue weighted by atomic mass is 10.1. The van der Waals surface area contributed by atoms with Crippen LogP contribution in [0.2, 0.25) is 5.02 Å². The molecule has 26 heavy (non-hydrogen) atoms. The number of rotatable bonds is 7. The van der Waals surface area contributed by atoms with Gasteiger partial charge in [-0.3, -0.25) is 4.79 Å². The number of carbonyl (C=O) groups is 1. The molecule has 0 aliphatic rings. The number of carbonyl (C=O) groups excluding carboxylic acids is 1. The summed E-state index contributed by atoms with van der Waals surface area (Å²) in [7, 11) is 0. The Bertz CT molecular complexity index is 882. The molecule has 1 amide bonds. The van der Waals surface area contributed by atoms with Crippen LogP contribution >= 0.6 is 11.6 Å². The number of hydrogen-bond acceptors (Lipinski definition) is 4. The number of fused-ring (bicyclic) bond motifs is 1. The Kier molecular flexibility index (Phi) is 5.73. The Morgan fingerprint density at radius 1 is 1.23 bits per heavy atom. The second kappa shape index (κ2) is 8.19. The first kappa shape index (κ1) is 18.2. The van der Waals surface area contributed by atoms with Crippen LogP contribution < -0.4 is 10.2 Å². The van der Waals surface area contributed by atoms with Crippen LogP contribution in [0, 0.1) is 0 Å².